The van der Waals surface area contributed by atoms with E-state index in [4.69, 9.17) is 5.73 Å². The van der Waals surface area contributed by atoms with Crippen molar-refractivity contribution in [2.45, 2.75) is 13.3 Å². The molecule has 2 N–H and O–H groups in total. The molecule has 0 aliphatic rings. The number of nitrogens with zero attached hydrogens (tertiary/aromatic N) is 1. The predicted octanol–water partition coefficient (Wildman–Crippen LogP) is 0.931. The number of benzene rings is 1. The van der Waals surface area contributed by atoms with E-state index in [1.807, 2.05) is 0 Å². The molecule has 1 amide bonds. The Balaban J connectivity index is 3.00. The molecular formula is C9H10N2O3. The molecule has 0 aromatic heterocycles. The summed E-state index contributed by atoms with van der Waals surface area (Å²) < 4.78 is 0. The Bertz CT molecular complexity index is 388. The lowest BCUT2D eigenvalue weighted by Crippen LogP contribution is -2.13. The zero-order valence-corrected chi connectivity index (χ0v) is 7.69. The van der Waals surface area contributed by atoms with Gasteiger partial charge in [-0.15, -0.1) is 0 Å². The Morgan fingerprint density at radius 3 is 2.64 bits per heavy atom. The second kappa shape index (κ2) is 3.87. The van der Waals surface area contributed by atoms with Gasteiger partial charge in [0.1, 0.15) is 0 Å². The van der Waals surface area contributed by atoms with E-state index in [2.05, 4.69) is 0 Å². The van der Waals surface area contributed by atoms with Crippen LogP contribution >= 0.6 is 0 Å². The molecular weight excluding hydrogens is 184 g/mol. The Hall–Kier alpha value is -1.91. The molecule has 0 atom stereocenters. The van der Waals surface area contributed by atoms with Gasteiger partial charge in [-0.25, -0.2) is 0 Å². The molecule has 0 aliphatic carbocycles. The maximum atomic E-state index is 10.6. The molecule has 5 nitrogen and oxygen atoms in total. The summed E-state index contributed by atoms with van der Waals surface area (Å²) in [6.07, 6.45) is 0.110. The van der Waals surface area contributed by atoms with Crippen molar-refractivity contribution in [3.63, 3.8) is 0 Å². The fourth-order valence-corrected chi connectivity index (χ4v) is 1.23. The van der Waals surface area contributed by atoms with Gasteiger partial charge in [0.2, 0.25) is 5.91 Å². The first-order valence-corrected chi connectivity index (χ1v) is 4.03. The Kier molecular flexibility index (Phi) is 2.81. The largest absolute Gasteiger partial charge is 0.369 e. The van der Waals surface area contributed by atoms with E-state index >= 15 is 0 Å². The van der Waals surface area contributed by atoms with Crippen molar-refractivity contribution in [3.8, 4) is 0 Å². The van der Waals surface area contributed by atoms with Crippen molar-refractivity contribution >= 4 is 11.6 Å². The summed E-state index contributed by atoms with van der Waals surface area (Å²) in [6.45, 7) is 1.63. The summed E-state index contributed by atoms with van der Waals surface area (Å²) in [5.41, 5.74) is 6.28. The first kappa shape index (κ1) is 10.2. The van der Waals surface area contributed by atoms with Crippen molar-refractivity contribution in [3.05, 3.63) is 39.4 Å². The van der Waals surface area contributed by atoms with Gasteiger partial charge in [-0.05, 0) is 18.6 Å². The molecule has 1 aromatic carbocycles. The maximum absolute atomic E-state index is 10.6. The lowest BCUT2D eigenvalue weighted by molar-refractivity contribution is -0.385. The first-order chi connectivity index (χ1) is 6.50. The number of rotatable bonds is 3. The number of primary amides is 1. The van der Waals surface area contributed by atoms with Crippen LogP contribution in [0.3, 0.4) is 0 Å². The third-order valence-corrected chi connectivity index (χ3v) is 1.84. The fraction of sp³-hybridized carbons (Fsp3) is 0.222. The van der Waals surface area contributed by atoms with Crippen molar-refractivity contribution in [1.82, 2.24) is 0 Å². The van der Waals surface area contributed by atoms with Gasteiger partial charge >= 0.3 is 0 Å². The monoisotopic (exact) mass is 194 g/mol. The SMILES string of the molecule is Cc1cc(CC(N)=O)ccc1[N+](=O)[O-]. The number of nitrogens with two attached hydrogens (primary N) is 1. The third kappa shape index (κ3) is 2.29. The molecule has 1 aromatic rings. The average Bonchev–Trinajstić information content (AvgIpc) is 2.01. The molecule has 14 heavy (non-hydrogen) atoms. The lowest BCUT2D eigenvalue weighted by Gasteiger charge is -2.00. The summed E-state index contributed by atoms with van der Waals surface area (Å²) in [5, 5.41) is 10.5. The van der Waals surface area contributed by atoms with Crippen LogP contribution in [0.5, 0.6) is 0 Å². The van der Waals surface area contributed by atoms with Crippen LogP contribution in [0.15, 0.2) is 18.2 Å². The van der Waals surface area contributed by atoms with Crippen LogP contribution in [0.1, 0.15) is 11.1 Å². The van der Waals surface area contributed by atoms with E-state index in [-0.39, 0.29) is 12.1 Å². The minimum atomic E-state index is -0.455. The van der Waals surface area contributed by atoms with E-state index in [0.29, 0.717) is 11.1 Å². The zero-order valence-electron chi connectivity index (χ0n) is 7.69. The maximum Gasteiger partial charge on any atom is 0.272 e. The standard InChI is InChI=1S/C9H10N2O3/c1-6-4-7(5-9(10)12)2-3-8(6)11(13)14/h2-4H,5H2,1H3,(H2,10,12). The van der Waals surface area contributed by atoms with Crippen LogP contribution in [0.4, 0.5) is 5.69 Å². The summed E-state index contributed by atoms with van der Waals surface area (Å²) in [7, 11) is 0. The van der Waals surface area contributed by atoms with Crippen molar-refractivity contribution in [2.75, 3.05) is 0 Å². The highest BCUT2D eigenvalue weighted by Gasteiger charge is 2.10. The highest BCUT2D eigenvalue weighted by Crippen LogP contribution is 2.18. The van der Waals surface area contributed by atoms with Crippen LogP contribution in [0.2, 0.25) is 0 Å². The zero-order chi connectivity index (χ0) is 10.7. The second-order valence-electron chi connectivity index (χ2n) is 3.02. The number of hydrogen-bond donors (Lipinski definition) is 1. The van der Waals surface area contributed by atoms with Gasteiger partial charge in [0, 0.05) is 11.6 Å². The minimum Gasteiger partial charge on any atom is -0.369 e. The van der Waals surface area contributed by atoms with E-state index in [0.717, 1.165) is 0 Å². The highest BCUT2D eigenvalue weighted by atomic mass is 16.6. The van der Waals surface area contributed by atoms with Crippen LogP contribution in [-0.2, 0) is 11.2 Å². The number of carbonyl (C=O) groups excluding carboxylic acids is 1. The number of carbonyl (C=O) groups is 1. The first-order valence-electron chi connectivity index (χ1n) is 4.03. The molecule has 74 valence electrons. The van der Waals surface area contributed by atoms with Crippen LogP contribution in [0, 0.1) is 17.0 Å². The van der Waals surface area contributed by atoms with Crippen LogP contribution in [0.25, 0.3) is 0 Å². The van der Waals surface area contributed by atoms with Gasteiger partial charge in [0.25, 0.3) is 5.69 Å². The molecule has 0 radical (unpaired) electrons. The lowest BCUT2D eigenvalue weighted by atomic mass is 10.1. The molecule has 0 saturated heterocycles. The van der Waals surface area contributed by atoms with Gasteiger partial charge in [-0.1, -0.05) is 6.07 Å². The van der Waals surface area contributed by atoms with E-state index in [1.165, 1.54) is 12.1 Å². The topological polar surface area (TPSA) is 86.2 Å². The molecule has 0 aliphatic heterocycles. The molecule has 0 saturated carbocycles. The number of aryl methyl sites for hydroxylation is 1. The van der Waals surface area contributed by atoms with Crippen molar-refractivity contribution < 1.29 is 9.72 Å². The van der Waals surface area contributed by atoms with Crippen LogP contribution < -0.4 is 5.73 Å². The third-order valence-electron chi connectivity index (χ3n) is 1.84. The number of hydrogen-bond acceptors (Lipinski definition) is 3. The van der Waals surface area contributed by atoms with Crippen LogP contribution in [-0.4, -0.2) is 10.8 Å². The summed E-state index contributed by atoms with van der Waals surface area (Å²) in [5.74, 6) is -0.446. The average molecular weight is 194 g/mol. The summed E-state index contributed by atoms with van der Waals surface area (Å²) in [6, 6.07) is 4.52. The summed E-state index contributed by atoms with van der Waals surface area (Å²) >= 11 is 0. The quantitative estimate of drug-likeness (QED) is 0.573. The Labute approximate surface area is 80.7 Å². The molecule has 0 heterocycles. The normalized spacial score (nSPS) is 9.79. The number of amides is 1. The van der Waals surface area contributed by atoms with E-state index in [1.54, 1.807) is 13.0 Å². The minimum absolute atomic E-state index is 0.0539. The molecule has 0 bridgehead atoms. The second-order valence-corrected chi connectivity index (χ2v) is 3.02. The predicted molar refractivity (Wildman–Crippen MR) is 50.7 cm³/mol. The number of nitro groups is 1. The molecule has 5 heteroatoms. The van der Waals surface area contributed by atoms with Crippen molar-refractivity contribution in [1.29, 1.82) is 0 Å². The summed E-state index contributed by atoms with van der Waals surface area (Å²) in [4.78, 5) is 20.6. The van der Waals surface area contributed by atoms with Gasteiger partial charge in [0.05, 0.1) is 11.3 Å². The molecule has 0 fully saturated rings. The molecule has 0 unspecified atom stereocenters. The van der Waals surface area contributed by atoms with Gasteiger partial charge in [0.15, 0.2) is 0 Å². The molecule has 0 spiro atoms. The Morgan fingerprint density at radius 2 is 2.21 bits per heavy atom. The van der Waals surface area contributed by atoms with Gasteiger partial charge in [-0.2, -0.15) is 0 Å². The highest BCUT2D eigenvalue weighted by molar-refractivity contribution is 5.76. The van der Waals surface area contributed by atoms with Gasteiger partial charge < -0.3 is 5.73 Å². The number of nitro benzene ring substituents is 1. The Morgan fingerprint density at radius 1 is 1.57 bits per heavy atom. The fourth-order valence-electron chi connectivity index (χ4n) is 1.23. The molecule has 1 rings (SSSR count). The van der Waals surface area contributed by atoms with E-state index < -0.39 is 10.8 Å². The van der Waals surface area contributed by atoms with Gasteiger partial charge in [-0.3, -0.25) is 14.9 Å². The van der Waals surface area contributed by atoms with Crippen molar-refractivity contribution in [2.24, 2.45) is 5.73 Å². The smallest absolute Gasteiger partial charge is 0.272 e. The van der Waals surface area contributed by atoms with E-state index in [9.17, 15) is 14.9 Å².